The van der Waals surface area contributed by atoms with Gasteiger partial charge in [0.2, 0.25) is 5.91 Å². The van der Waals surface area contributed by atoms with E-state index in [1.54, 1.807) is 6.08 Å². The molecule has 0 aliphatic carbocycles. The molecule has 1 amide bonds. The number of unbranched alkanes of at least 4 members (excludes halogenated alkanes) is 10. The number of amides is 1. The Morgan fingerprint density at radius 2 is 0.776 bits per heavy atom. The van der Waals surface area contributed by atoms with Crippen LogP contribution in [0.3, 0.4) is 0 Å². The van der Waals surface area contributed by atoms with Gasteiger partial charge < -0.3 is 15.5 Å². The number of allylic oxidation sites excluding steroid dienone is 23. The van der Waals surface area contributed by atoms with Crippen molar-refractivity contribution < 1.29 is 15.0 Å². The SMILES string of the molecule is CC/C=C\C/C=C\C/C=C\C/C=C\C/C=C\C/C=C\C/C=C\C/C=C\C/C=C\C/C=C\CCCCCCCCCCC(=O)NC(CO)C(O)/C=C/CC/C=C/CCC. The van der Waals surface area contributed by atoms with Gasteiger partial charge in [0, 0.05) is 6.42 Å². The predicted molar refractivity (Wildman–Crippen MR) is 257 cm³/mol. The van der Waals surface area contributed by atoms with Crippen molar-refractivity contribution in [1.29, 1.82) is 0 Å². The molecule has 2 atom stereocenters. The summed E-state index contributed by atoms with van der Waals surface area (Å²) >= 11 is 0. The van der Waals surface area contributed by atoms with E-state index >= 15 is 0 Å². The number of hydrogen-bond donors (Lipinski definition) is 3. The smallest absolute Gasteiger partial charge is 0.220 e. The van der Waals surface area contributed by atoms with Crippen LogP contribution < -0.4 is 5.32 Å². The molecule has 3 N–H and O–H groups in total. The maximum atomic E-state index is 12.3. The summed E-state index contributed by atoms with van der Waals surface area (Å²) in [6.07, 6.45) is 77.0. The molecule has 0 aromatic heterocycles. The second-order valence-electron chi connectivity index (χ2n) is 14.7. The molecule has 4 nitrogen and oxygen atoms in total. The van der Waals surface area contributed by atoms with Crippen LogP contribution in [0.2, 0.25) is 0 Å². The van der Waals surface area contributed by atoms with Gasteiger partial charge in [-0.05, 0) is 103 Å². The zero-order valence-electron chi connectivity index (χ0n) is 37.0. The van der Waals surface area contributed by atoms with Crippen LogP contribution in [0.1, 0.15) is 168 Å². The lowest BCUT2D eigenvalue weighted by Crippen LogP contribution is -2.45. The fourth-order valence-electron chi connectivity index (χ4n) is 5.81. The van der Waals surface area contributed by atoms with Crippen molar-refractivity contribution in [3.8, 4) is 0 Å². The van der Waals surface area contributed by atoms with Crippen molar-refractivity contribution in [2.45, 2.75) is 180 Å². The predicted octanol–water partition coefficient (Wildman–Crippen LogP) is 14.9. The van der Waals surface area contributed by atoms with E-state index in [1.165, 1.54) is 32.1 Å². The second-order valence-corrected chi connectivity index (χ2v) is 14.7. The molecule has 0 radical (unpaired) electrons. The molecule has 2 unspecified atom stereocenters. The Balaban J connectivity index is 3.65. The van der Waals surface area contributed by atoms with Gasteiger partial charge in [-0.15, -0.1) is 0 Å². The molecule has 0 heterocycles. The fourth-order valence-corrected chi connectivity index (χ4v) is 5.81. The molecule has 0 saturated carbocycles. The van der Waals surface area contributed by atoms with Crippen molar-refractivity contribution in [2.75, 3.05) is 6.61 Å². The molecule has 0 aromatic carbocycles. The summed E-state index contributed by atoms with van der Waals surface area (Å²) in [5, 5.41) is 22.7. The molecular weight excluding hydrogens is 711 g/mol. The highest BCUT2D eigenvalue weighted by atomic mass is 16.3. The molecule has 0 rings (SSSR count). The standard InChI is InChI=1S/C54H85NO3/c1-3-5-7-9-11-12-13-14-15-16-17-18-19-20-21-22-23-24-25-26-27-28-29-30-31-32-33-34-35-36-37-38-39-40-41-42-44-46-48-50-54(58)55-52(51-56)53(57)49-47-45-43-10-8-6-4-2/h5,7-8,10-12,14-15,17-18,20-21,23-24,26-27,29-30,32-33,35-36,47,49,52-53,56-57H,3-4,6,9,13,16,19,22,25,28,31,34,37-46,48,50-51H2,1-2H3,(H,55,58)/b7-5-,10-8+,12-11-,15-14-,18-17-,21-20-,24-23-,27-26-,30-29-,33-32-,36-35-,49-47+. The van der Waals surface area contributed by atoms with Gasteiger partial charge in [0.15, 0.2) is 0 Å². The Morgan fingerprint density at radius 1 is 0.431 bits per heavy atom. The molecule has 0 aliphatic rings. The van der Waals surface area contributed by atoms with Crippen LogP contribution in [0, 0.1) is 0 Å². The quantitative estimate of drug-likeness (QED) is 0.0429. The van der Waals surface area contributed by atoms with E-state index in [9.17, 15) is 15.0 Å². The third-order valence-corrected chi connectivity index (χ3v) is 9.29. The lowest BCUT2D eigenvalue weighted by molar-refractivity contribution is -0.123. The van der Waals surface area contributed by atoms with E-state index in [2.05, 4.69) is 153 Å². The van der Waals surface area contributed by atoms with Crippen LogP contribution in [-0.4, -0.2) is 34.9 Å². The first-order valence-electron chi connectivity index (χ1n) is 23.0. The van der Waals surface area contributed by atoms with E-state index in [1.807, 2.05) is 6.08 Å². The molecule has 58 heavy (non-hydrogen) atoms. The highest BCUT2D eigenvalue weighted by molar-refractivity contribution is 5.76. The van der Waals surface area contributed by atoms with Crippen molar-refractivity contribution in [3.63, 3.8) is 0 Å². The van der Waals surface area contributed by atoms with Crippen LogP contribution in [0.4, 0.5) is 0 Å². The number of aliphatic hydroxyl groups is 2. The highest BCUT2D eigenvalue weighted by Gasteiger charge is 2.17. The fraction of sp³-hybridized carbons (Fsp3) is 0.537. The van der Waals surface area contributed by atoms with E-state index in [0.717, 1.165) is 116 Å². The van der Waals surface area contributed by atoms with E-state index in [4.69, 9.17) is 0 Å². The molecule has 324 valence electrons. The van der Waals surface area contributed by atoms with E-state index in [-0.39, 0.29) is 12.5 Å². The van der Waals surface area contributed by atoms with Crippen LogP contribution in [-0.2, 0) is 4.79 Å². The molecular formula is C54H85NO3. The number of carbonyl (C=O) groups is 1. The van der Waals surface area contributed by atoms with Gasteiger partial charge in [-0.25, -0.2) is 0 Å². The minimum absolute atomic E-state index is 0.0956. The zero-order valence-corrected chi connectivity index (χ0v) is 37.0. The third-order valence-electron chi connectivity index (χ3n) is 9.29. The third kappa shape index (κ3) is 43.4. The van der Waals surface area contributed by atoms with Gasteiger partial charge in [0.25, 0.3) is 0 Å². The number of nitrogens with one attached hydrogen (secondary N) is 1. The summed E-state index contributed by atoms with van der Waals surface area (Å²) < 4.78 is 0. The topological polar surface area (TPSA) is 69.6 Å². The van der Waals surface area contributed by atoms with Gasteiger partial charge in [-0.3, -0.25) is 4.79 Å². The molecule has 0 saturated heterocycles. The number of rotatable bonds is 39. The monoisotopic (exact) mass is 796 g/mol. The van der Waals surface area contributed by atoms with Crippen LogP contribution in [0.25, 0.3) is 0 Å². The Hall–Kier alpha value is -3.73. The molecule has 0 bridgehead atoms. The normalized spacial score (nSPS) is 14.3. The first kappa shape index (κ1) is 54.3. The van der Waals surface area contributed by atoms with Gasteiger partial charge in [0.05, 0.1) is 18.8 Å². The molecule has 0 aromatic rings. The largest absolute Gasteiger partial charge is 0.394 e. The Labute approximate surface area is 357 Å². The van der Waals surface area contributed by atoms with Crippen molar-refractivity contribution >= 4 is 5.91 Å². The van der Waals surface area contributed by atoms with Crippen molar-refractivity contribution in [1.82, 2.24) is 5.32 Å². The molecule has 0 spiro atoms. The molecule has 4 heteroatoms. The molecule has 0 fully saturated rings. The Bertz CT molecular complexity index is 1270. The Morgan fingerprint density at radius 3 is 1.19 bits per heavy atom. The summed E-state index contributed by atoms with van der Waals surface area (Å²) in [4.78, 5) is 12.3. The highest BCUT2D eigenvalue weighted by Crippen LogP contribution is 2.11. The minimum atomic E-state index is -0.872. The lowest BCUT2D eigenvalue weighted by Gasteiger charge is -2.19. The van der Waals surface area contributed by atoms with Crippen molar-refractivity contribution in [2.24, 2.45) is 0 Å². The van der Waals surface area contributed by atoms with E-state index in [0.29, 0.717) is 6.42 Å². The van der Waals surface area contributed by atoms with E-state index < -0.39 is 12.1 Å². The second kappa shape index (κ2) is 47.6. The maximum Gasteiger partial charge on any atom is 0.220 e. The summed E-state index contributed by atoms with van der Waals surface area (Å²) in [5.74, 6) is -0.0956. The maximum absolute atomic E-state index is 12.3. The van der Waals surface area contributed by atoms with Crippen LogP contribution in [0.15, 0.2) is 146 Å². The summed E-state index contributed by atoms with van der Waals surface area (Å²) in [7, 11) is 0. The van der Waals surface area contributed by atoms with Crippen LogP contribution in [0.5, 0.6) is 0 Å². The zero-order chi connectivity index (χ0) is 42.1. The Kier molecular flexibility index (Phi) is 44.6. The first-order chi connectivity index (χ1) is 28.7. The van der Waals surface area contributed by atoms with Gasteiger partial charge in [-0.2, -0.15) is 0 Å². The molecule has 0 aliphatic heterocycles. The summed E-state index contributed by atoms with van der Waals surface area (Å²) in [6, 6.07) is -0.650. The average Bonchev–Trinajstić information content (AvgIpc) is 3.23. The summed E-state index contributed by atoms with van der Waals surface area (Å²) in [5.41, 5.74) is 0. The number of aliphatic hydroxyl groups excluding tert-OH is 2. The van der Waals surface area contributed by atoms with Crippen molar-refractivity contribution in [3.05, 3.63) is 146 Å². The number of carbonyl (C=O) groups excluding carboxylic acids is 1. The number of hydrogen-bond acceptors (Lipinski definition) is 3. The minimum Gasteiger partial charge on any atom is -0.394 e. The van der Waals surface area contributed by atoms with Gasteiger partial charge in [0.1, 0.15) is 0 Å². The summed E-state index contributed by atoms with van der Waals surface area (Å²) in [6.45, 7) is 4.05. The van der Waals surface area contributed by atoms with Gasteiger partial charge in [-0.1, -0.05) is 205 Å². The lowest BCUT2D eigenvalue weighted by atomic mass is 10.1. The average molecular weight is 796 g/mol. The van der Waals surface area contributed by atoms with Gasteiger partial charge >= 0.3 is 0 Å². The van der Waals surface area contributed by atoms with Crippen LogP contribution >= 0.6 is 0 Å². The first-order valence-corrected chi connectivity index (χ1v) is 23.0.